The summed E-state index contributed by atoms with van der Waals surface area (Å²) < 4.78 is 5.29. The minimum atomic E-state index is 0.717. The number of methoxy groups -OCH3 is 1. The van der Waals surface area contributed by atoms with E-state index in [4.69, 9.17) is 4.74 Å². The number of rotatable bonds is 7. The Kier molecular flexibility index (Phi) is 7.01. The summed E-state index contributed by atoms with van der Waals surface area (Å²) in [7, 11) is 3.87. The molecule has 1 fully saturated rings. The predicted molar refractivity (Wildman–Crippen MR) is 68.8 cm³/mol. The topological polar surface area (TPSA) is 24.5 Å². The predicted octanol–water partition coefficient (Wildman–Crippen LogP) is 1.73. The van der Waals surface area contributed by atoms with Crippen LogP contribution in [0.15, 0.2) is 0 Å². The van der Waals surface area contributed by atoms with Crippen molar-refractivity contribution in [3.8, 4) is 0 Å². The van der Waals surface area contributed by atoms with Gasteiger partial charge in [0.25, 0.3) is 0 Å². The van der Waals surface area contributed by atoms with Gasteiger partial charge in [-0.3, -0.25) is 4.90 Å². The van der Waals surface area contributed by atoms with Crippen LogP contribution in [0.5, 0.6) is 0 Å². The first kappa shape index (κ1) is 13.9. The second-order valence-electron chi connectivity index (χ2n) is 4.96. The molecular weight excluding hydrogens is 200 g/mol. The molecule has 0 bridgehead atoms. The Morgan fingerprint density at radius 1 is 1.50 bits per heavy atom. The fraction of sp³-hybridized carbons (Fsp3) is 1.00. The smallest absolute Gasteiger partial charge is 0.0502 e. The molecule has 1 aliphatic rings. The van der Waals surface area contributed by atoms with E-state index in [9.17, 15) is 0 Å². The van der Waals surface area contributed by atoms with E-state index in [0.29, 0.717) is 0 Å². The third-order valence-corrected chi connectivity index (χ3v) is 3.53. The monoisotopic (exact) mass is 228 g/mol. The molecule has 0 saturated carbocycles. The third kappa shape index (κ3) is 4.40. The maximum Gasteiger partial charge on any atom is 0.0502 e. The second kappa shape index (κ2) is 8.04. The highest BCUT2D eigenvalue weighted by atomic mass is 16.5. The second-order valence-corrected chi connectivity index (χ2v) is 4.96. The molecule has 3 nitrogen and oxygen atoms in total. The summed E-state index contributed by atoms with van der Waals surface area (Å²) in [5, 5.41) is 3.32. The fourth-order valence-corrected chi connectivity index (χ4v) is 2.78. The Balaban J connectivity index is 2.42. The van der Waals surface area contributed by atoms with Crippen molar-refractivity contribution < 1.29 is 4.74 Å². The lowest BCUT2D eigenvalue weighted by Crippen LogP contribution is -2.47. The van der Waals surface area contributed by atoms with E-state index >= 15 is 0 Å². The summed E-state index contributed by atoms with van der Waals surface area (Å²) in [5.41, 5.74) is 0. The molecule has 1 heterocycles. The van der Waals surface area contributed by atoms with Gasteiger partial charge in [0, 0.05) is 26.2 Å². The molecule has 1 N–H and O–H groups in total. The number of likely N-dealkylation sites (N-methyl/N-ethyl adjacent to an activating group) is 1. The summed E-state index contributed by atoms with van der Waals surface area (Å²) in [6.45, 7) is 6.81. The van der Waals surface area contributed by atoms with Gasteiger partial charge >= 0.3 is 0 Å². The lowest BCUT2D eigenvalue weighted by atomic mass is 9.96. The Bertz CT molecular complexity index is 167. The van der Waals surface area contributed by atoms with Crippen LogP contribution in [0.2, 0.25) is 0 Å². The summed E-state index contributed by atoms with van der Waals surface area (Å²) in [6.07, 6.45) is 5.25. The van der Waals surface area contributed by atoms with Crippen LogP contribution in [0.4, 0.5) is 0 Å². The van der Waals surface area contributed by atoms with Crippen LogP contribution in [0.25, 0.3) is 0 Å². The summed E-state index contributed by atoms with van der Waals surface area (Å²) >= 11 is 0. The maximum absolute atomic E-state index is 5.29. The van der Waals surface area contributed by atoms with Gasteiger partial charge < -0.3 is 10.1 Å². The highest BCUT2D eigenvalue weighted by molar-refractivity contribution is 4.80. The molecule has 0 amide bonds. The van der Waals surface area contributed by atoms with Gasteiger partial charge in [0.15, 0.2) is 0 Å². The molecule has 0 radical (unpaired) electrons. The van der Waals surface area contributed by atoms with Gasteiger partial charge in [0.05, 0.1) is 6.61 Å². The zero-order chi connectivity index (χ0) is 11.8. The molecule has 0 aromatic heterocycles. The van der Waals surface area contributed by atoms with E-state index in [2.05, 4.69) is 24.2 Å². The average molecular weight is 228 g/mol. The number of likely N-dealkylation sites (tertiary alicyclic amines) is 1. The fourth-order valence-electron chi connectivity index (χ4n) is 2.78. The molecule has 1 saturated heterocycles. The maximum atomic E-state index is 5.29. The molecule has 2 atom stereocenters. The summed E-state index contributed by atoms with van der Waals surface area (Å²) in [5.74, 6) is 0.745. The average Bonchev–Trinajstić information content (AvgIpc) is 2.30. The molecule has 0 aromatic rings. The Labute approximate surface area is 101 Å². The lowest BCUT2D eigenvalue weighted by Gasteiger charge is -2.38. The van der Waals surface area contributed by atoms with E-state index in [0.717, 1.165) is 25.1 Å². The Morgan fingerprint density at radius 3 is 2.94 bits per heavy atom. The van der Waals surface area contributed by atoms with E-state index < -0.39 is 0 Å². The van der Waals surface area contributed by atoms with Crippen LogP contribution in [0.3, 0.4) is 0 Å². The van der Waals surface area contributed by atoms with E-state index in [1.54, 1.807) is 0 Å². The first-order chi connectivity index (χ1) is 7.81. The van der Waals surface area contributed by atoms with Gasteiger partial charge in [-0.05, 0) is 38.8 Å². The van der Waals surface area contributed by atoms with Crippen molar-refractivity contribution >= 4 is 0 Å². The van der Waals surface area contributed by atoms with Gasteiger partial charge in [0.1, 0.15) is 0 Å². The molecule has 96 valence electrons. The van der Waals surface area contributed by atoms with Crippen LogP contribution < -0.4 is 5.32 Å². The van der Waals surface area contributed by atoms with Gasteiger partial charge in [-0.1, -0.05) is 13.3 Å². The van der Waals surface area contributed by atoms with Crippen LogP contribution in [-0.4, -0.2) is 51.3 Å². The molecule has 3 heteroatoms. The number of nitrogens with zero attached hydrogens (tertiary/aromatic N) is 1. The van der Waals surface area contributed by atoms with E-state index in [-0.39, 0.29) is 0 Å². The summed E-state index contributed by atoms with van der Waals surface area (Å²) in [4.78, 5) is 2.66. The molecular formula is C13H28N2O. The molecule has 0 spiro atoms. The van der Waals surface area contributed by atoms with Crippen LogP contribution in [-0.2, 0) is 4.74 Å². The SMILES string of the molecule is CCCC(CNC)N1CCCC(COC)C1. The molecule has 0 aliphatic carbocycles. The Morgan fingerprint density at radius 2 is 2.31 bits per heavy atom. The van der Waals surface area contributed by atoms with Crippen molar-refractivity contribution in [3.63, 3.8) is 0 Å². The first-order valence-corrected chi connectivity index (χ1v) is 6.69. The zero-order valence-electron chi connectivity index (χ0n) is 11.2. The van der Waals surface area contributed by atoms with E-state index in [1.165, 1.54) is 38.8 Å². The first-order valence-electron chi connectivity index (χ1n) is 6.69. The summed E-state index contributed by atoms with van der Waals surface area (Å²) in [6, 6.07) is 0.717. The number of hydrogen-bond acceptors (Lipinski definition) is 3. The molecule has 1 aliphatic heterocycles. The highest BCUT2D eigenvalue weighted by Gasteiger charge is 2.24. The minimum absolute atomic E-state index is 0.717. The van der Waals surface area contributed by atoms with Gasteiger partial charge in [-0.15, -0.1) is 0 Å². The van der Waals surface area contributed by atoms with Crippen LogP contribution >= 0.6 is 0 Å². The number of hydrogen-bond donors (Lipinski definition) is 1. The number of piperidine rings is 1. The molecule has 2 unspecified atom stereocenters. The van der Waals surface area contributed by atoms with Crippen molar-refractivity contribution in [2.45, 2.75) is 38.6 Å². The largest absolute Gasteiger partial charge is 0.384 e. The standard InChI is InChI=1S/C13H28N2O/c1-4-6-13(9-14-2)15-8-5-7-12(10-15)11-16-3/h12-14H,4-11H2,1-3H3. The highest BCUT2D eigenvalue weighted by Crippen LogP contribution is 2.20. The quantitative estimate of drug-likeness (QED) is 0.718. The lowest BCUT2D eigenvalue weighted by molar-refractivity contribution is 0.0656. The molecule has 16 heavy (non-hydrogen) atoms. The van der Waals surface area contributed by atoms with Crippen molar-refractivity contribution in [1.29, 1.82) is 0 Å². The van der Waals surface area contributed by atoms with Crippen molar-refractivity contribution in [2.24, 2.45) is 5.92 Å². The van der Waals surface area contributed by atoms with Gasteiger partial charge in [-0.2, -0.15) is 0 Å². The Hall–Kier alpha value is -0.120. The van der Waals surface area contributed by atoms with Crippen LogP contribution in [0.1, 0.15) is 32.6 Å². The molecule has 1 rings (SSSR count). The van der Waals surface area contributed by atoms with Gasteiger partial charge in [0.2, 0.25) is 0 Å². The van der Waals surface area contributed by atoms with Crippen LogP contribution in [0, 0.1) is 5.92 Å². The number of nitrogens with one attached hydrogen (secondary N) is 1. The van der Waals surface area contributed by atoms with Crippen molar-refractivity contribution in [3.05, 3.63) is 0 Å². The van der Waals surface area contributed by atoms with E-state index in [1.807, 2.05) is 7.11 Å². The van der Waals surface area contributed by atoms with Crippen molar-refractivity contribution in [1.82, 2.24) is 10.2 Å². The normalized spacial score (nSPS) is 24.6. The van der Waals surface area contributed by atoms with Crippen molar-refractivity contribution in [2.75, 3.05) is 40.4 Å². The third-order valence-electron chi connectivity index (χ3n) is 3.53. The minimum Gasteiger partial charge on any atom is -0.384 e. The zero-order valence-corrected chi connectivity index (χ0v) is 11.2. The number of ether oxygens (including phenoxy) is 1. The molecule has 0 aromatic carbocycles. The van der Waals surface area contributed by atoms with Gasteiger partial charge in [-0.25, -0.2) is 0 Å².